The molecule has 5 atom stereocenters. The van der Waals surface area contributed by atoms with Crippen LogP contribution in [0.4, 0.5) is 0 Å². The Labute approximate surface area is 342 Å². The number of likely N-dealkylation sites (tertiary alicyclic amines) is 1. The normalized spacial score (nSPS) is 23.8. The molecule has 15 nitrogen and oxygen atoms in total. The lowest BCUT2D eigenvalue weighted by molar-refractivity contribution is -0.149. The fraction of sp³-hybridized carbons (Fsp3) is 0.512. The Hall–Kier alpha value is -4.80. The summed E-state index contributed by atoms with van der Waals surface area (Å²) >= 11 is 6.79. The number of hydrogen-bond acceptors (Lipinski definition) is 11. The van der Waals surface area contributed by atoms with Crippen molar-refractivity contribution in [1.82, 2.24) is 29.8 Å². The maximum atomic E-state index is 14.9. The average Bonchev–Trinajstić information content (AvgIpc) is 4.14. The summed E-state index contributed by atoms with van der Waals surface area (Å²) in [7, 11) is -2.42. The van der Waals surface area contributed by atoms with Crippen LogP contribution in [0, 0.1) is 17.3 Å². The van der Waals surface area contributed by atoms with Gasteiger partial charge in [0.25, 0.3) is 5.91 Å². The van der Waals surface area contributed by atoms with Gasteiger partial charge in [0.1, 0.15) is 34.2 Å². The second kappa shape index (κ2) is 16.1. The van der Waals surface area contributed by atoms with E-state index in [4.69, 9.17) is 30.8 Å². The number of halogens is 1. The summed E-state index contributed by atoms with van der Waals surface area (Å²) in [6.45, 7) is 11.0. The molecule has 0 spiro atoms. The van der Waals surface area contributed by atoms with E-state index in [2.05, 4.69) is 21.6 Å². The molecule has 4 fully saturated rings. The fourth-order valence-electron chi connectivity index (χ4n) is 7.76. The Morgan fingerprint density at radius 3 is 2.47 bits per heavy atom. The predicted molar refractivity (Wildman–Crippen MR) is 215 cm³/mol. The number of amides is 4. The van der Waals surface area contributed by atoms with Crippen LogP contribution < -0.4 is 19.5 Å². The van der Waals surface area contributed by atoms with Crippen molar-refractivity contribution in [2.75, 3.05) is 40.0 Å². The Balaban J connectivity index is 1.23. The maximum Gasteiger partial charge on any atom is 0.259 e. The number of carbonyl (C=O) groups is 4. The molecule has 2 saturated heterocycles. The van der Waals surface area contributed by atoms with Crippen molar-refractivity contribution in [3.8, 4) is 22.9 Å². The lowest BCUT2D eigenvalue weighted by Gasteiger charge is -2.36. The number of ether oxygens (including phenoxy) is 3. The molecule has 4 aliphatic rings. The van der Waals surface area contributed by atoms with Crippen molar-refractivity contribution in [3.05, 3.63) is 60.3 Å². The number of hydrogen-bond donors (Lipinski definition) is 2. The van der Waals surface area contributed by atoms with E-state index in [-0.39, 0.29) is 36.7 Å². The van der Waals surface area contributed by atoms with E-state index in [1.165, 1.54) is 18.1 Å². The first-order valence-corrected chi connectivity index (χ1v) is 21.4. The van der Waals surface area contributed by atoms with Gasteiger partial charge in [-0.1, -0.05) is 44.5 Å². The number of aromatic nitrogens is 2. The predicted octanol–water partition coefficient (Wildman–Crippen LogP) is 3.89. The van der Waals surface area contributed by atoms with Crippen LogP contribution in [0.1, 0.15) is 52.9 Å². The number of nitrogens with one attached hydrogen (secondary N) is 2. The van der Waals surface area contributed by atoms with E-state index in [1.54, 1.807) is 41.4 Å². The monoisotopic (exact) mass is 836 g/mol. The summed E-state index contributed by atoms with van der Waals surface area (Å²) in [5, 5.41) is 3.00. The van der Waals surface area contributed by atoms with Gasteiger partial charge in [0.05, 0.1) is 54.9 Å². The van der Waals surface area contributed by atoms with E-state index in [0.29, 0.717) is 72.9 Å². The first-order chi connectivity index (χ1) is 27.6. The van der Waals surface area contributed by atoms with Gasteiger partial charge in [0, 0.05) is 49.5 Å². The zero-order valence-electron chi connectivity index (χ0n) is 33.0. The summed E-state index contributed by atoms with van der Waals surface area (Å²) in [5.41, 5.74) is -0.853. The van der Waals surface area contributed by atoms with Crippen LogP contribution in [0.5, 0.6) is 11.5 Å². The van der Waals surface area contributed by atoms with Gasteiger partial charge in [-0.15, -0.1) is 6.58 Å². The van der Waals surface area contributed by atoms with Crippen molar-refractivity contribution in [2.24, 2.45) is 17.3 Å². The molecule has 2 N–H and O–H groups in total. The zero-order chi connectivity index (χ0) is 41.6. The van der Waals surface area contributed by atoms with E-state index < -0.39 is 67.9 Å². The van der Waals surface area contributed by atoms with Crippen LogP contribution in [0.3, 0.4) is 0 Å². The van der Waals surface area contributed by atoms with Crippen molar-refractivity contribution >= 4 is 56.2 Å². The smallest absolute Gasteiger partial charge is 0.259 e. The van der Waals surface area contributed by atoms with E-state index in [1.807, 2.05) is 26.8 Å². The number of nitrogens with zero attached hydrogens (tertiary/aromatic N) is 4. The minimum Gasteiger partial charge on any atom is -0.495 e. The molecule has 2 aromatic heterocycles. The standard InChI is InChI=1S/C41H49ClN6O9S/c1-6-24-22-41(24,39(52)46-58(53,54)26-10-11-26)45-37(50)31-19-25(23-48(31)38(51)28(40(2,3)4)20-34(49)47-15-17-56-18-16-47)57-33-21-30(29-9-7-8-14-43-29)44-36-27(33)12-13-32(55-5)35(36)42/h6-9,12-14,21,24-26,28,31H,1,10-11,15-20,22-23H2,2-5H3,(H,45,50)(H,46,52)/t24?,25-,28-,31+,41-/m1/s1. The highest BCUT2D eigenvalue weighted by molar-refractivity contribution is 7.91. The van der Waals surface area contributed by atoms with Gasteiger partial charge in [0.2, 0.25) is 27.7 Å². The van der Waals surface area contributed by atoms with E-state index >= 15 is 0 Å². The lowest BCUT2D eigenvalue weighted by Crippen LogP contribution is -2.57. The molecule has 2 aliphatic heterocycles. The molecule has 4 amide bonds. The Morgan fingerprint density at radius 1 is 1.10 bits per heavy atom. The molecule has 2 saturated carbocycles. The van der Waals surface area contributed by atoms with E-state index in [0.717, 1.165) is 0 Å². The number of pyridine rings is 2. The third-order valence-corrected chi connectivity index (χ3v) is 13.7. The molecular weight excluding hydrogens is 788 g/mol. The van der Waals surface area contributed by atoms with Crippen molar-refractivity contribution in [1.29, 1.82) is 0 Å². The molecule has 310 valence electrons. The van der Waals surface area contributed by atoms with Gasteiger partial charge < -0.3 is 29.3 Å². The second-order valence-electron chi connectivity index (χ2n) is 16.5. The molecular formula is C41H49ClN6O9S. The highest BCUT2D eigenvalue weighted by Gasteiger charge is 2.62. The van der Waals surface area contributed by atoms with Crippen LogP contribution in [-0.2, 0) is 33.9 Å². The molecule has 1 unspecified atom stereocenters. The molecule has 58 heavy (non-hydrogen) atoms. The minimum absolute atomic E-state index is 0.00922. The molecule has 0 bridgehead atoms. The first kappa shape index (κ1) is 41.4. The zero-order valence-corrected chi connectivity index (χ0v) is 34.6. The van der Waals surface area contributed by atoms with Gasteiger partial charge in [0.15, 0.2) is 0 Å². The summed E-state index contributed by atoms with van der Waals surface area (Å²) in [6.07, 6.45) is 3.34. The summed E-state index contributed by atoms with van der Waals surface area (Å²) in [4.78, 5) is 69.0. The number of fused-ring (bicyclic) bond motifs is 1. The lowest BCUT2D eigenvalue weighted by atomic mass is 9.77. The Morgan fingerprint density at radius 2 is 1.84 bits per heavy atom. The largest absolute Gasteiger partial charge is 0.495 e. The number of sulfonamides is 1. The van der Waals surface area contributed by atoms with Gasteiger partial charge in [-0.2, -0.15) is 0 Å². The van der Waals surface area contributed by atoms with E-state index in [9.17, 15) is 27.6 Å². The summed E-state index contributed by atoms with van der Waals surface area (Å²) in [6, 6.07) is 9.44. The number of methoxy groups -OCH3 is 1. The third-order valence-electron chi connectivity index (χ3n) is 11.5. The summed E-state index contributed by atoms with van der Waals surface area (Å²) in [5.74, 6) is -2.71. The van der Waals surface area contributed by atoms with Crippen LogP contribution >= 0.6 is 11.6 Å². The molecule has 4 heterocycles. The first-order valence-electron chi connectivity index (χ1n) is 19.5. The quantitative estimate of drug-likeness (QED) is 0.238. The van der Waals surface area contributed by atoms with Gasteiger partial charge >= 0.3 is 0 Å². The highest BCUT2D eigenvalue weighted by atomic mass is 35.5. The number of benzene rings is 1. The van der Waals surface area contributed by atoms with Gasteiger partial charge in [-0.25, -0.2) is 13.4 Å². The molecule has 2 aliphatic carbocycles. The van der Waals surface area contributed by atoms with Crippen molar-refractivity contribution < 1.29 is 41.8 Å². The Bertz CT molecular complexity index is 2230. The third kappa shape index (κ3) is 8.36. The van der Waals surface area contributed by atoms with Crippen LogP contribution in [-0.4, -0.2) is 115 Å². The number of carbonyl (C=O) groups excluding carboxylic acids is 4. The highest BCUT2D eigenvalue weighted by Crippen LogP contribution is 2.46. The molecule has 7 rings (SSSR count). The summed E-state index contributed by atoms with van der Waals surface area (Å²) < 4.78 is 45.4. The van der Waals surface area contributed by atoms with Crippen LogP contribution in [0.2, 0.25) is 5.02 Å². The molecule has 3 aromatic rings. The van der Waals surface area contributed by atoms with Gasteiger partial charge in [-0.05, 0) is 48.9 Å². The minimum atomic E-state index is -3.92. The maximum absolute atomic E-state index is 14.9. The van der Waals surface area contributed by atoms with Crippen molar-refractivity contribution in [2.45, 2.75) is 75.8 Å². The SMILES string of the molecule is C=CC1C[C@]1(NC(=O)[C@@H]1C[C@@H](Oc2cc(-c3ccccn3)nc3c(Cl)c(OC)ccc23)CN1C(=O)[C@@H](CC(=O)N1CCOCC1)C(C)(C)C)C(=O)NS(=O)(=O)C1CC1. The average molecular weight is 837 g/mol. The molecule has 17 heteroatoms. The number of rotatable bonds is 13. The van der Waals surface area contributed by atoms with Gasteiger partial charge in [-0.3, -0.25) is 28.9 Å². The van der Waals surface area contributed by atoms with Crippen molar-refractivity contribution in [3.63, 3.8) is 0 Å². The second-order valence-corrected chi connectivity index (χ2v) is 18.8. The Kier molecular flexibility index (Phi) is 11.5. The molecule has 1 aromatic carbocycles. The van der Waals surface area contributed by atoms with Crippen LogP contribution in [0.25, 0.3) is 22.3 Å². The topological polar surface area (TPSA) is 186 Å². The molecule has 0 radical (unpaired) electrons. The number of morpholine rings is 1. The van der Waals surface area contributed by atoms with Crippen LogP contribution in [0.15, 0.2) is 55.3 Å². The fourth-order valence-corrected chi connectivity index (χ4v) is 9.41.